The van der Waals surface area contributed by atoms with Crippen molar-refractivity contribution in [2.75, 3.05) is 36.5 Å². The SMILES string of the molecule is C=CCSSCCC(=O)O.CCN(CC)CC(=O)Nc1c(C)cccc1C. The molecule has 0 fully saturated rings. The molecule has 27 heavy (non-hydrogen) atoms. The third kappa shape index (κ3) is 12.5. The van der Waals surface area contributed by atoms with Crippen molar-refractivity contribution < 1.29 is 14.7 Å². The van der Waals surface area contributed by atoms with Gasteiger partial charge in [0.05, 0.1) is 13.0 Å². The molecule has 0 saturated heterocycles. The van der Waals surface area contributed by atoms with Gasteiger partial charge in [-0.15, -0.1) is 6.58 Å². The molecule has 0 aliphatic rings. The van der Waals surface area contributed by atoms with Crippen LogP contribution in [0.2, 0.25) is 0 Å². The highest BCUT2D eigenvalue weighted by atomic mass is 33.1. The summed E-state index contributed by atoms with van der Waals surface area (Å²) < 4.78 is 0. The molecule has 0 heterocycles. The van der Waals surface area contributed by atoms with Crippen LogP contribution in [0.3, 0.4) is 0 Å². The molecular weight excluding hydrogens is 380 g/mol. The Balaban J connectivity index is 0.000000580. The maximum absolute atomic E-state index is 11.9. The molecule has 7 heteroatoms. The van der Waals surface area contributed by atoms with Crippen LogP contribution in [-0.2, 0) is 9.59 Å². The van der Waals surface area contributed by atoms with Crippen LogP contribution in [0.15, 0.2) is 30.9 Å². The average Bonchev–Trinajstić information content (AvgIpc) is 2.63. The lowest BCUT2D eigenvalue weighted by atomic mass is 10.1. The Hall–Kier alpha value is -1.44. The number of anilines is 1. The Morgan fingerprint density at radius 3 is 2.26 bits per heavy atom. The standard InChI is InChI=1S/C14H22N2O.C6H10O2S2/c1-5-16(6-2)10-13(17)15-14-11(3)8-7-9-12(14)4;1-2-4-9-10-5-3-6(7)8/h7-9H,5-6,10H2,1-4H3,(H,15,17);2H,1,3-5H2,(H,7,8). The van der Waals surface area contributed by atoms with Gasteiger partial charge in [0.15, 0.2) is 0 Å². The maximum Gasteiger partial charge on any atom is 0.304 e. The number of carboxylic acid groups (broad SMARTS) is 1. The van der Waals surface area contributed by atoms with E-state index in [0.717, 1.165) is 35.7 Å². The second-order valence-corrected chi connectivity index (χ2v) is 8.44. The fourth-order valence-corrected chi connectivity index (χ4v) is 3.87. The lowest BCUT2D eigenvalue weighted by molar-refractivity contribution is -0.136. The van der Waals surface area contributed by atoms with E-state index in [1.807, 2.05) is 32.0 Å². The highest BCUT2D eigenvalue weighted by molar-refractivity contribution is 8.76. The van der Waals surface area contributed by atoms with Crippen molar-refractivity contribution in [2.45, 2.75) is 34.1 Å². The summed E-state index contributed by atoms with van der Waals surface area (Å²) >= 11 is 0. The minimum Gasteiger partial charge on any atom is -0.481 e. The molecule has 1 aromatic carbocycles. The van der Waals surface area contributed by atoms with Gasteiger partial charge in [-0.2, -0.15) is 0 Å². The van der Waals surface area contributed by atoms with Crippen molar-refractivity contribution in [3.63, 3.8) is 0 Å². The van der Waals surface area contributed by atoms with E-state index in [-0.39, 0.29) is 12.3 Å². The molecule has 0 saturated carbocycles. The van der Waals surface area contributed by atoms with Crippen LogP contribution in [-0.4, -0.2) is 53.0 Å². The number of carbonyl (C=O) groups is 2. The predicted molar refractivity (Wildman–Crippen MR) is 120 cm³/mol. The van der Waals surface area contributed by atoms with Crippen molar-refractivity contribution in [1.82, 2.24) is 4.90 Å². The molecule has 0 aromatic heterocycles. The zero-order valence-corrected chi connectivity index (χ0v) is 18.4. The van der Waals surface area contributed by atoms with Crippen molar-refractivity contribution in [3.8, 4) is 0 Å². The number of likely N-dealkylation sites (N-methyl/N-ethyl adjacent to an activating group) is 1. The van der Waals surface area contributed by atoms with E-state index < -0.39 is 5.97 Å². The zero-order valence-electron chi connectivity index (χ0n) is 16.8. The Morgan fingerprint density at radius 1 is 1.19 bits per heavy atom. The predicted octanol–water partition coefficient (Wildman–Crippen LogP) is 4.61. The minimum atomic E-state index is -0.730. The number of benzene rings is 1. The van der Waals surface area contributed by atoms with Crippen LogP contribution in [0, 0.1) is 13.8 Å². The largest absolute Gasteiger partial charge is 0.481 e. The van der Waals surface area contributed by atoms with Crippen molar-refractivity contribution in [2.24, 2.45) is 0 Å². The van der Waals surface area contributed by atoms with Crippen molar-refractivity contribution >= 4 is 39.2 Å². The highest BCUT2D eigenvalue weighted by Gasteiger charge is 2.10. The first-order valence-electron chi connectivity index (χ1n) is 9.01. The first-order chi connectivity index (χ1) is 12.8. The molecule has 0 spiro atoms. The molecular formula is C20H32N2O3S2. The minimum absolute atomic E-state index is 0.0612. The van der Waals surface area contributed by atoms with Crippen LogP contribution in [0.1, 0.15) is 31.4 Å². The summed E-state index contributed by atoms with van der Waals surface area (Å²) in [4.78, 5) is 24.0. The summed E-state index contributed by atoms with van der Waals surface area (Å²) in [7, 11) is 3.20. The van der Waals surface area contributed by atoms with Crippen molar-refractivity contribution in [3.05, 3.63) is 42.0 Å². The molecule has 152 valence electrons. The Labute approximate surface area is 171 Å². The number of nitrogens with zero attached hydrogens (tertiary/aromatic N) is 1. The van der Waals surface area contributed by atoms with Gasteiger partial charge in [-0.3, -0.25) is 14.5 Å². The summed E-state index contributed by atoms with van der Waals surface area (Å²) in [6.07, 6.45) is 2.05. The fourth-order valence-electron chi connectivity index (χ4n) is 2.13. The molecule has 1 aromatic rings. The molecule has 5 nitrogen and oxygen atoms in total. The number of carboxylic acids is 1. The lowest BCUT2D eigenvalue weighted by Crippen LogP contribution is -2.33. The molecule has 1 amide bonds. The Bertz CT molecular complexity index is 570. The van der Waals surface area contributed by atoms with Crippen LogP contribution >= 0.6 is 21.6 Å². The zero-order chi connectivity index (χ0) is 20.7. The van der Waals surface area contributed by atoms with Gasteiger partial charge in [0, 0.05) is 17.2 Å². The summed E-state index contributed by atoms with van der Waals surface area (Å²) in [5.41, 5.74) is 3.17. The number of hydrogen-bond acceptors (Lipinski definition) is 5. The third-order valence-corrected chi connectivity index (χ3v) is 5.99. The van der Waals surface area contributed by atoms with Gasteiger partial charge in [0.1, 0.15) is 0 Å². The van der Waals surface area contributed by atoms with E-state index in [1.165, 1.54) is 0 Å². The molecule has 0 bridgehead atoms. The molecule has 0 aliphatic heterocycles. The average molecular weight is 413 g/mol. The topological polar surface area (TPSA) is 69.6 Å². The van der Waals surface area contributed by atoms with Crippen LogP contribution < -0.4 is 5.32 Å². The third-order valence-electron chi connectivity index (χ3n) is 3.68. The van der Waals surface area contributed by atoms with Gasteiger partial charge in [-0.1, -0.05) is 59.7 Å². The Kier molecular flexibility index (Phi) is 14.8. The number of aryl methyl sites for hydroxylation is 2. The van der Waals surface area contributed by atoms with Gasteiger partial charge < -0.3 is 10.4 Å². The molecule has 0 radical (unpaired) electrons. The van der Waals surface area contributed by atoms with Gasteiger partial charge in [-0.25, -0.2) is 0 Å². The fraction of sp³-hybridized carbons (Fsp3) is 0.500. The van der Waals surface area contributed by atoms with Crippen LogP contribution in [0.4, 0.5) is 5.69 Å². The summed E-state index contributed by atoms with van der Waals surface area (Å²) in [5.74, 6) is 0.885. The second kappa shape index (κ2) is 15.6. The van der Waals surface area contributed by atoms with E-state index in [4.69, 9.17) is 5.11 Å². The first kappa shape index (κ1) is 25.6. The van der Waals surface area contributed by atoms with E-state index in [1.54, 1.807) is 27.7 Å². The van der Waals surface area contributed by atoms with Gasteiger partial charge in [0.25, 0.3) is 0 Å². The molecule has 1 rings (SSSR count). The normalized spacial score (nSPS) is 10.1. The van der Waals surface area contributed by atoms with Gasteiger partial charge >= 0.3 is 5.97 Å². The molecule has 0 atom stereocenters. The van der Waals surface area contributed by atoms with E-state index in [2.05, 4.69) is 30.6 Å². The number of hydrogen-bond donors (Lipinski definition) is 2. The number of nitrogens with one attached hydrogen (secondary N) is 1. The van der Waals surface area contributed by atoms with Gasteiger partial charge in [-0.05, 0) is 38.1 Å². The lowest BCUT2D eigenvalue weighted by Gasteiger charge is -2.18. The number of aliphatic carboxylic acids is 1. The van der Waals surface area contributed by atoms with Crippen LogP contribution in [0.5, 0.6) is 0 Å². The summed E-state index contributed by atoms with van der Waals surface area (Å²) in [5, 5.41) is 11.2. The summed E-state index contributed by atoms with van der Waals surface area (Å²) in [6, 6.07) is 6.03. The van der Waals surface area contributed by atoms with Gasteiger partial charge in [0.2, 0.25) is 5.91 Å². The Morgan fingerprint density at radius 2 is 1.78 bits per heavy atom. The molecule has 0 unspecified atom stereocenters. The van der Waals surface area contributed by atoms with Crippen LogP contribution in [0.25, 0.3) is 0 Å². The number of carbonyl (C=O) groups excluding carboxylic acids is 1. The second-order valence-electron chi connectivity index (χ2n) is 5.82. The monoisotopic (exact) mass is 412 g/mol. The highest BCUT2D eigenvalue weighted by Crippen LogP contribution is 2.21. The van der Waals surface area contributed by atoms with Crippen molar-refractivity contribution in [1.29, 1.82) is 0 Å². The molecule has 0 aliphatic carbocycles. The van der Waals surface area contributed by atoms with E-state index in [9.17, 15) is 9.59 Å². The maximum atomic E-state index is 11.9. The first-order valence-corrected chi connectivity index (χ1v) is 11.5. The molecule has 2 N–H and O–H groups in total. The quantitative estimate of drug-likeness (QED) is 0.314. The summed E-state index contributed by atoms with van der Waals surface area (Å²) in [6.45, 7) is 14.0. The van der Waals surface area contributed by atoms with E-state index >= 15 is 0 Å². The van der Waals surface area contributed by atoms with E-state index in [0.29, 0.717) is 12.3 Å². The smallest absolute Gasteiger partial charge is 0.304 e. The number of rotatable bonds is 11. The number of amides is 1. The number of para-hydroxylation sites is 1.